The van der Waals surface area contributed by atoms with Crippen LogP contribution in [0.2, 0.25) is 0 Å². The predicted molar refractivity (Wildman–Crippen MR) is 127 cm³/mol. The topological polar surface area (TPSA) is 68.2 Å². The van der Waals surface area contributed by atoms with Crippen LogP contribution < -0.4 is 11.1 Å². The Bertz CT molecular complexity index is 864. The molecule has 0 aliphatic carbocycles. The summed E-state index contributed by atoms with van der Waals surface area (Å²) in [4.78, 5) is 8.58. The Balaban J connectivity index is 0.00000280. The zero-order chi connectivity index (χ0) is 19.1. The molecule has 28 heavy (non-hydrogen) atoms. The van der Waals surface area contributed by atoms with Crippen LogP contribution in [0, 0.1) is 0 Å². The first-order chi connectivity index (χ1) is 13.2. The normalized spacial score (nSPS) is 11.1. The number of rotatable bonds is 7. The van der Waals surface area contributed by atoms with Gasteiger partial charge in [-0.3, -0.25) is 0 Å². The average Bonchev–Trinajstić information content (AvgIpc) is 3.20. The quantitative estimate of drug-likeness (QED) is 0.290. The average molecular weight is 489 g/mol. The Hall–Kier alpha value is -2.35. The van der Waals surface area contributed by atoms with Gasteiger partial charge in [-0.15, -0.1) is 24.0 Å². The van der Waals surface area contributed by atoms with Crippen molar-refractivity contribution in [2.24, 2.45) is 10.7 Å². The molecule has 0 aliphatic heterocycles. The van der Waals surface area contributed by atoms with Crippen molar-refractivity contribution in [3.8, 4) is 0 Å². The van der Waals surface area contributed by atoms with Crippen molar-refractivity contribution in [1.29, 1.82) is 0 Å². The standard InChI is InChI=1S/C22H27N5.HI/c1-3-19-6-5-7-20(4-2)21(19)26-22(23)25-14-17-8-10-18(11-9-17)15-27-13-12-24-16-27;/h5-13,16H,3-4,14-15H2,1-2H3,(H3,23,25,26);1H. The van der Waals surface area contributed by atoms with Gasteiger partial charge < -0.3 is 15.6 Å². The van der Waals surface area contributed by atoms with Crippen molar-refractivity contribution < 1.29 is 0 Å². The van der Waals surface area contributed by atoms with Crippen LogP contribution in [0.25, 0.3) is 0 Å². The van der Waals surface area contributed by atoms with E-state index < -0.39 is 0 Å². The molecular weight excluding hydrogens is 461 g/mol. The summed E-state index contributed by atoms with van der Waals surface area (Å²) in [7, 11) is 0. The molecule has 0 atom stereocenters. The van der Waals surface area contributed by atoms with Crippen molar-refractivity contribution in [1.82, 2.24) is 9.55 Å². The molecule has 5 nitrogen and oxygen atoms in total. The second-order valence-corrected chi connectivity index (χ2v) is 6.54. The molecule has 1 aromatic heterocycles. The Morgan fingerprint density at radius 3 is 2.25 bits per heavy atom. The van der Waals surface area contributed by atoms with Crippen molar-refractivity contribution in [3.63, 3.8) is 0 Å². The molecule has 1 heterocycles. The molecule has 6 heteroatoms. The van der Waals surface area contributed by atoms with Gasteiger partial charge in [0.2, 0.25) is 0 Å². The highest BCUT2D eigenvalue weighted by atomic mass is 127. The van der Waals surface area contributed by atoms with Crippen molar-refractivity contribution in [2.45, 2.75) is 39.8 Å². The summed E-state index contributed by atoms with van der Waals surface area (Å²) in [6.07, 6.45) is 7.50. The van der Waals surface area contributed by atoms with Crippen LogP contribution in [0.5, 0.6) is 0 Å². The molecule has 0 fully saturated rings. The molecule has 0 radical (unpaired) electrons. The van der Waals surface area contributed by atoms with Crippen LogP contribution >= 0.6 is 24.0 Å². The molecule has 2 aromatic carbocycles. The first-order valence-electron chi connectivity index (χ1n) is 9.40. The summed E-state index contributed by atoms with van der Waals surface area (Å²) in [6, 6.07) is 14.8. The van der Waals surface area contributed by atoms with E-state index >= 15 is 0 Å². The maximum Gasteiger partial charge on any atom is 0.193 e. The molecule has 0 spiro atoms. The molecule has 0 saturated carbocycles. The van der Waals surface area contributed by atoms with Crippen molar-refractivity contribution in [3.05, 3.63) is 83.4 Å². The van der Waals surface area contributed by atoms with E-state index in [9.17, 15) is 0 Å². The lowest BCUT2D eigenvalue weighted by Gasteiger charge is -2.14. The SMILES string of the molecule is CCc1cccc(CC)c1NC(N)=NCc1ccc(Cn2ccnc2)cc1.I. The number of nitrogens with one attached hydrogen (secondary N) is 1. The van der Waals surface area contributed by atoms with Gasteiger partial charge in [-0.2, -0.15) is 0 Å². The van der Waals surface area contributed by atoms with Gasteiger partial charge in [0, 0.05) is 24.6 Å². The zero-order valence-electron chi connectivity index (χ0n) is 16.4. The Morgan fingerprint density at radius 2 is 1.68 bits per heavy atom. The summed E-state index contributed by atoms with van der Waals surface area (Å²) in [5.74, 6) is 0.452. The molecule has 3 rings (SSSR count). The fourth-order valence-electron chi connectivity index (χ4n) is 3.09. The van der Waals surface area contributed by atoms with Crippen molar-refractivity contribution in [2.75, 3.05) is 5.32 Å². The third-order valence-electron chi connectivity index (χ3n) is 4.63. The fraction of sp³-hybridized carbons (Fsp3) is 0.273. The third-order valence-corrected chi connectivity index (χ3v) is 4.63. The van der Waals surface area contributed by atoms with Crippen LogP contribution in [0.4, 0.5) is 5.69 Å². The monoisotopic (exact) mass is 489 g/mol. The number of hydrogen-bond donors (Lipinski definition) is 2. The minimum atomic E-state index is 0. The summed E-state index contributed by atoms with van der Waals surface area (Å²) in [6.45, 7) is 5.68. The summed E-state index contributed by atoms with van der Waals surface area (Å²) < 4.78 is 2.05. The Morgan fingerprint density at radius 1 is 1.04 bits per heavy atom. The molecule has 0 amide bonds. The van der Waals surface area contributed by atoms with Crippen molar-refractivity contribution >= 4 is 35.6 Å². The number of para-hydroxylation sites is 1. The smallest absolute Gasteiger partial charge is 0.193 e. The summed E-state index contributed by atoms with van der Waals surface area (Å²) >= 11 is 0. The first kappa shape index (κ1) is 21.9. The van der Waals surface area contributed by atoms with Gasteiger partial charge in [0.25, 0.3) is 0 Å². The summed E-state index contributed by atoms with van der Waals surface area (Å²) in [5.41, 5.74) is 12.1. The van der Waals surface area contributed by atoms with Gasteiger partial charge >= 0.3 is 0 Å². The minimum absolute atomic E-state index is 0. The third kappa shape index (κ3) is 5.82. The number of hydrogen-bond acceptors (Lipinski definition) is 2. The zero-order valence-corrected chi connectivity index (χ0v) is 18.8. The lowest BCUT2D eigenvalue weighted by molar-refractivity contribution is 0.796. The fourth-order valence-corrected chi connectivity index (χ4v) is 3.09. The molecule has 0 unspecified atom stereocenters. The molecule has 148 valence electrons. The molecule has 0 aliphatic rings. The number of halogens is 1. The lowest BCUT2D eigenvalue weighted by Crippen LogP contribution is -2.24. The largest absolute Gasteiger partial charge is 0.370 e. The number of nitrogens with two attached hydrogens (primary N) is 1. The Kier molecular flexibility index (Phi) is 8.50. The number of aromatic nitrogens is 2. The van der Waals surface area contributed by atoms with Crippen LogP contribution in [0.3, 0.4) is 0 Å². The maximum atomic E-state index is 6.15. The second-order valence-electron chi connectivity index (χ2n) is 6.54. The highest BCUT2D eigenvalue weighted by Gasteiger charge is 2.07. The highest BCUT2D eigenvalue weighted by molar-refractivity contribution is 14.0. The van der Waals surface area contributed by atoms with Crippen LogP contribution in [-0.2, 0) is 25.9 Å². The maximum absolute atomic E-state index is 6.15. The molecule has 0 saturated heterocycles. The number of aliphatic imine (C=N–C) groups is 1. The van der Waals surface area contributed by atoms with E-state index in [2.05, 4.69) is 71.6 Å². The lowest BCUT2D eigenvalue weighted by atomic mass is 10.0. The van der Waals surface area contributed by atoms with Gasteiger partial charge in [0.1, 0.15) is 0 Å². The highest BCUT2D eigenvalue weighted by Crippen LogP contribution is 2.22. The van der Waals surface area contributed by atoms with Crippen LogP contribution in [0.1, 0.15) is 36.1 Å². The van der Waals surface area contributed by atoms with E-state index in [0.29, 0.717) is 12.5 Å². The Labute approximate surface area is 184 Å². The molecule has 0 bridgehead atoms. The first-order valence-corrected chi connectivity index (χ1v) is 9.40. The number of aryl methyl sites for hydroxylation is 2. The summed E-state index contributed by atoms with van der Waals surface area (Å²) in [5, 5.41) is 3.31. The predicted octanol–water partition coefficient (Wildman–Crippen LogP) is 4.60. The number of imidazole rings is 1. The van der Waals surface area contributed by atoms with Gasteiger partial charge in [-0.05, 0) is 35.1 Å². The number of guanidine groups is 1. The number of benzene rings is 2. The number of nitrogens with zero attached hydrogens (tertiary/aromatic N) is 3. The van der Waals surface area contributed by atoms with E-state index in [4.69, 9.17) is 5.73 Å². The van der Waals surface area contributed by atoms with E-state index in [1.807, 2.05) is 17.1 Å². The molecule has 3 N–H and O–H groups in total. The van der Waals surface area contributed by atoms with Crippen LogP contribution in [0.15, 0.2) is 66.2 Å². The van der Waals surface area contributed by atoms with Crippen LogP contribution in [-0.4, -0.2) is 15.5 Å². The van der Waals surface area contributed by atoms with E-state index in [1.54, 1.807) is 6.20 Å². The van der Waals surface area contributed by atoms with Gasteiger partial charge in [-0.1, -0.05) is 56.3 Å². The van der Waals surface area contributed by atoms with E-state index in [-0.39, 0.29) is 24.0 Å². The van der Waals surface area contributed by atoms with Gasteiger partial charge in [-0.25, -0.2) is 9.98 Å². The molecule has 3 aromatic rings. The van der Waals surface area contributed by atoms with E-state index in [0.717, 1.165) is 30.6 Å². The number of anilines is 1. The van der Waals surface area contributed by atoms with Gasteiger partial charge in [0.15, 0.2) is 5.96 Å². The van der Waals surface area contributed by atoms with Gasteiger partial charge in [0.05, 0.1) is 12.9 Å². The van der Waals surface area contributed by atoms with E-state index in [1.165, 1.54) is 16.7 Å². The second kappa shape index (κ2) is 10.8. The molecular formula is C22H28IN5. The minimum Gasteiger partial charge on any atom is -0.370 e.